The first-order valence-corrected chi connectivity index (χ1v) is 23.0. The second-order valence-electron chi connectivity index (χ2n) is 19.8. The van der Waals surface area contributed by atoms with Crippen molar-refractivity contribution in [2.45, 2.75) is 57.8 Å². The summed E-state index contributed by atoms with van der Waals surface area (Å²) in [6, 6.07) is 70.6. The topological polar surface area (TPSA) is 25.2 Å². The molecule has 2 nitrogen and oxygen atoms in total. The maximum Gasteiger partial charge on any atom is 0.135 e. The molecule has 0 fully saturated rings. The third-order valence-corrected chi connectivity index (χ3v) is 14.9. The lowest BCUT2D eigenvalue weighted by atomic mass is 9.81. The Labute approximate surface area is 382 Å². The van der Waals surface area contributed by atoms with Gasteiger partial charge in [0.1, 0.15) is 11.2 Å². The van der Waals surface area contributed by atoms with Crippen molar-refractivity contribution >= 4 is 33.3 Å². The van der Waals surface area contributed by atoms with Crippen molar-refractivity contribution in [3.63, 3.8) is 0 Å². The summed E-state index contributed by atoms with van der Waals surface area (Å²) in [7, 11) is 0. The summed E-state index contributed by atoms with van der Waals surface area (Å²) < 4.78 is 5.99. The molecule has 1 heterocycles. The smallest absolute Gasteiger partial charge is 0.135 e. The molecule has 1 aromatic heterocycles. The van der Waals surface area contributed by atoms with E-state index in [1.165, 1.54) is 99.8 Å². The van der Waals surface area contributed by atoms with E-state index in [-0.39, 0.29) is 16.2 Å². The standard InChI is InChI=1S/C36H31N.C27H20O/c1-35(2)31-13-9-8-12-27(31)29-18-15-25(21-33(29)35)37-26-16-19-30-28-17-14-24(23-10-6-5-7-11-23)20-32(28)36(3,4)34(30)22-26;1-27(2)23-9-5-3-7-19(23)20-13-11-18(16-24(20)27)17-12-14-26-22(15-17)21-8-4-6-10-25(21)28-26/h5-22,37H,1-4H3;3-16H,1-2H3. The summed E-state index contributed by atoms with van der Waals surface area (Å²) in [5, 5.41) is 6.08. The molecule has 3 aliphatic rings. The fourth-order valence-corrected chi connectivity index (χ4v) is 11.4. The zero-order chi connectivity index (χ0) is 44.2. The van der Waals surface area contributed by atoms with Gasteiger partial charge in [-0.25, -0.2) is 0 Å². The predicted molar refractivity (Wildman–Crippen MR) is 273 cm³/mol. The van der Waals surface area contributed by atoms with Crippen molar-refractivity contribution in [2.24, 2.45) is 0 Å². The summed E-state index contributed by atoms with van der Waals surface area (Å²) in [6.45, 7) is 14.0. The van der Waals surface area contributed by atoms with Crippen LogP contribution in [0.2, 0.25) is 0 Å². The van der Waals surface area contributed by atoms with E-state index in [0.717, 1.165) is 22.5 Å². The molecule has 0 bridgehead atoms. The molecule has 0 saturated carbocycles. The third-order valence-electron chi connectivity index (χ3n) is 14.9. The highest BCUT2D eigenvalue weighted by atomic mass is 16.3. The second-order valence-corrected chi connectivity index (χ2v) is 19.8. The van der Waals surface area contributed by atoms with Gasteiger partial charge >= 0.3 is 0 Å². The molecule has 13 rings (SSSR count). The molecule has 10 aromatic rings. The van der Waals surface area contributed by atoms with Gasteiger partial charge in [0.25, 0.3) is 0 Å². The Hall–Kier alpha value is -7.42. The van der Waals surface area contributed by atoms with Crippen molar-refractivity contribution in [2.75, 3.05) is 5.32 Å². The Morgan fingerprint density at radius 1 is 0.292 bits per heavy atom. The first-order chi connectivity index (χ1) is 31.5. The molecule has 0 atom stereocenters. The van der Waals surface area contributed by atoms with Gasteiger partial charge in [0, 0.05) is 38.4 Å². The number of hydrogen-bond acceptors (Lipinski definition) is 2. The monoisotopic (exact) mass is 837 g/mol. The molecule has 0 saturated heterocycles. The molecule has 0 spiro atoms. The van der Waals surface area contributed by atoms with Gasteiger partial charge in [-0.3, -0.25) is 0 Å². The van der Waals surface area contributed by atoms with Gasteiger partial charge in [0.15, 0.2) is 0 Å². The molecule has 314 valence electrons. The van der Waals surface area contributed by atoms with Crippen LogP contribution in [-0.2, 0) is 16.2 Å². The SMILES string of the molecule is CC1(C)c2ccccc2-c2ccc(-c3ccc4oc5ccccc5c4c3)cc21.CC1(C)c2ccccc2-c2ccc(Nc3ccc4c(c3)C(C)(C)c3cc(-c5ccccc5)ccc3-4)cc21. The van der Waals surface area contributed by atoms with Gasteiger partial charge in [-0.15, -0.1) is 0 Å². The van der Waals surface area contributed by atoms with Crippen LogP contribution >= 0.6 is 0 Å². The number of anilines is 2. The number of para-hydroxylation sites is 1. The first-order valence-electron chi connectivity index (χ1n) is 23.0. The van der Waals surface area contributed by atoms with Crippen molar-refractivity contribution in [3.05, 3.63) is 228 Å². The zero-order valence-electron chi connectivity index (χ0n) is 37.9. The van der Waals surface area contributed by atoms with E-state index >= 15 is 0 Å². The second kappa shape index (κ2) is 14.3. The Morgan fingerprint density at radius 3 is 1.28 bits per heavy atom. The minimum absolute atomic E-state index is 0.00163. The quantitative estimate of drug-likeness (QED) is 0.191. The average Bonchev–Trinajstić information content (AvgIpc) is 3.97. The van der Waals surface area contributed by atoms with Crippen molar-refractivity contribution < 1.29 is 4.42 Å². The lowest BCUT2D eigenvalue weighted by Crippen LogP contribution is -2.15. The van der Waals surface area contributed by atoms with Gasteiger partial charge in [0.2, 0.25) is 0 Å². The number of nitrogens with one attached hydrogen (secondary N) is 1. The number of furan rings is 1. The highest BCUT2D eigenvalue weighted by Crippen LogP contribution is 2.53. The van der Waals surface area contributed by atoms with E-state index in [0.29, 0.717) is 0 Å². The van der Waals surface area contributed by atoms with Gasteiger partial charge in [-0.1, -0.05) is 181 Å². The largest absolute Gasteiger partial charge is 0.456 e. The van der Waals surface area contributed by atoms with Crippen LogP contribution in [-0.4, -0.2) is 0 Å². The maximum atomic E-state index is 5.99. The molecular weight excluding hydrogens is 787 g/mol. The van der Waals surface area contributed by atoms with Crippen molar-refractivity contribution in [1.29, 1.82) is 0 Å². The Bertz CT molecular complexity index is 3540. The van der Waals surface area contributed by atoms with Crippen molar-refractivity contribution in [3.8, 4) is 55.6 Å². The fourth-order valence-electron chi connectivity index (χ4n) is 11.4. The molecule has 0 unspecified atom stereocenters. The summed E-state index contributed by atoms with van der Waals surface area (Å²) in [5.41, 5.74) is 25.7. The van der Waals surface area contributed by atoms with E-state index in [1.54, 1.807) is 0 Å². The van der Waals surface area contributed by atoms with Crippen LogP contribution in [0.25, 0.3) is 77.6 Å². The number of fused-ring (bicyclic) bond motifs is 12. The van der Waals surface area contributed by atoms with Crippen molar-refractivity contribution in [1.82, 2.24) is 0 Å². The minimum atomic E-state index is -0.0608. The predicted octanol–water partition coefficient (Wildman–Crippen LogP) is 17.3. The molecule has 1 N–H and O–H groups in total. The average molecular weight is 838 g/mol. The third kappa shape index (κ3) is 6.07. The molecule has 65 heavy (non-hydrogen) atoms. The van der Waals surface area contributed by atoms with Gasteiger partial charge < -0.3 is 9.73 Å². The molecule has 0 amide bonds. The van der Waals surface area contributed by atoms with E-state index in [9.17, 15) is 0 Å². The minimum Gasteiger partial charge on any atom is -0.456 e. The van der Waals surface area contributed by atoms with Gasteiger partial charge in [0.05, 0.1) is 0 Å². The summed E-state index contributed by atoms with van der Waals surface area (Å²) in [6.07, 6.45) is 0. The molecular formula is C63H51NO. The fraction of sp³-hybridized carbons (Fsp3) is 0.143. The van der Waals surface area contributed by atoms with E-state index in [2.05, 4.69) is 229 Å². The molecule has 9 aromatic carbocycles. The Kier molecular flexibility index (Phi) is 8.62. The van der Waals surface area contributed by atoms with Crippen LogP contribution < -0.4 is 5.32 Å². The summed E-state index contributed by atoms with van der Waals surface area (Å²) in [4.78, 5) is 0. The maximum absolute atomic E-state index is 5.99. The lowest BCUT2D eigenvalue weighted by Gasteiger charge is -2.23. The van der Waals surface area contributed by atoms with Crippen LogP contribution in [0, 0.1) is 0 Å². The van der Waals surface area contributed by atoms with E-state index in [1.807, 2.05) is 12.1 Å². The van der Waals surface area contributed by atoms with E-state index < -0.39 is 0 Å². The summed E-state index contributed by atoms with van der Waals surface area (Å²) in [5.74, 6) is 0. The van der Waals surface area contributed by atoms with Gasteiger partial charge in [-0.2, -0.15) is 0 Å². The molecule has 0 aliphatic heterocycles. The Balaban J connectivity index is 0.000000142. The zero-order valence-corrected chi connectivity index (χ0v) is 37.9. The van der Waals surface area contributed by atoms with E-state index in [4.69, 9.17) is 4.42 Å². The number of benzene rings is 9. The van der Waals surface area contributed by atoms with Crippen LogP contribution in [0.15, 0.2) is 199 Å². The van der Waals surface area contributed by atoms with Crippen LogP contribution in [0.1, 0.15) is 74.9 Å². The van der Waals surface area contributed by atoms with Crippen LogP contribution in [0.5, 0.6) is 0 Å². The van der Waals surface area contributed by atoms with Crippen LogP contribution in [0.4, 0.5) is 11.4 Å². The molecule has 2 heteroatoms. The molecule has 0 radical (unpaired) electrons. The number of hydrogen-bond donors (Lipinski definition) is 1. The van der Waals surface area contributed by atoms with Gasteiger partial charge in [-0.05, 0) is 144 Å². The first kappa shape index (κ1) is 39.2. The normalized spacial score (nSPS) is 15.0. The summed E-state index contributed by atoms with van der Waals surface area (Å²) >= 11 is 0. The highest BCUT2D eigenvalue weighted by molar-refractivity contribution is 6.06. The lowest BCUT2D eigenvalue weighted by molar-refractivity contribution is 0.660. The number of rotatable bonds is 4. The molecule has 3 aliphatic carbocycles. The Morgan fingerprint density at radius 2 is 0.692 bits per heavy atom. The highest BCUT2D eigenvalue weighted by Gasteiger charge is 2.38. The van der Waals surface area contributed by atoms with Crippen LogP contribution in [0.3, 0.4) is 0 Å².